The molecule has 2 rings (SSSR count). The first-order valence-electron chi connectivity index (χ1n) is 6.63. The van der Waals surface area contributed by atoms with Gasteiger partial charge in [-0.05, 0) is 25.5 Å². The zero-order valence-electron chi connectivity index (χ0n) is 11.6. The van der Waals surface area contributed by atoms with Crippen molar-refractivity contribution in [1.29, 1.82) is 0 Å². The summed E-state index contributed by atoms with van der Waals surface area (Å²) in [6.45, 7) is 0.387. The van der Waals surface area contributed by atoms with Gasteiger partial charge in [-0.3, -0.25) is 0 Å². The Hall–Kier alpha value is -1.01. The molecule has 0 aromatic carbocycles. The Labute approximate surface area is 118 Å². The molecule has 2 atom stereocenters. The number of methoxy groups -OCH3 is 1. The van der Waals surface area contributed by atoms with Crippen LogP contribution in [0.15, 0.2) is 6.07 Å². The second-order valence-corrected chi connectivity index (χ2v) is 6.03. The molecule has 0 saturated heterocycles. The van der Waals surface area contributed by atoms with Gasteiger partial charge in [-0.1, -0.05) is 6.42 Å². The highest BCUT2D eigenvalue weighted by Gasteiger charge is 2.21. The predicted octanol–water partition coefficient (Wildman–Crippen LogP) is 2.29. The van der Waals surface area contributed by atoms with Crippen molar-refractivity contribution in [3.8, 4) is 0 Å². The van der Waals surface area contributed by atoms with Gasteiger partial charge in [-0.25, -0.2) is 9.97 Å². The summed E-state index contributed by atoms with van der Waals surface area (Å²) in [7, 11) is 1.63. The number of nitrogen functional groups attached to an aromatic ring is 1. The first-order valence-corrected chi connectivity index (χ1v) is 7.91. The third kappa shape index (κ3) is 4.24. The first-order chi connectivity index (χ1) is 9.21. The minimum absolute atomic E-state index is 0.387. The molecule has 1 heterocycles. The monoisotopic (exact) mass is 282 g/mol. The second kappa shape index (κ2) is 6.96. The molecule has 3 N–H and O–H groups in total. The van der Waals surface area contributed by atoms with Gasteiger partial charge in [0.15, 0.2) is 5.82 Å². The summed E-state index contributed by atoms with van der Waals surface area (Å²) in [5.41, 5.74) is 5.80. The van der Waals surface area contributed by atoms with Crippen molar-refractivity contribution >= 4 is 23.4 Å². The lowest BCUT2D eigenvalue weighted by molar-refractivity contribution is 0.178. The van der Waals surface area contributed by atoms with Gasteiger partial charge in [0.05, 0.1) is 0 Å². The van der Waals surface area contributed by atoms with Crippen LogP contribution >= 0.6 is 11.8 Å². The van der Waals surface area contributed by atoms with Crippen molar-refractivity contribution < 1.29 is 4.74 Å². The van der Waals surface area contributed by atoms with Crippen molar-refractivity contribution in [2.24, 2.45) is 0 Å². The maximum absolute atomic E-state index is 5.80. The number of nitrogens with one attached hydrogen (secondary N) is 1. The van der Waals surface area contributed by atoms with Crippen molar-refractivity contribution in [3.05, 3.63) is 11.9 Å². The van der Waals surface area contributed by atoms with E-state index in [4.69, 9.17) is 10.5 Å². The number of thioether (sulfide) groups is 1. The van der Waals surface area contributed by atoms with Gasteiger partial charge >= 0.3 is 0 Å². The van der Waals surface area contributed by atoms with Crippen LogP contribution in [0.25, 0.3) is 0 Å². The molecule has 0 amide bonds. The van der Waals surface area contributed by atoms with E-state index in [9.17, 15) is 0 Å². The lowest BCUT2D eigenvalue weighted by atomic mass is 9.95. The summed E-state index contributed by atoms with van der Waals surface area (Å²) in [6, 6.07) is 2.28. The van der Waals surface area contributed by atoms with Crippen LogP contribution < -0.4 is 11.1 Å². The highest BCUT2D eigenvalue weighted by atomic mass is 32.2. The van der Waals surface area contributed by atoms with E-state index < -0.39 is 0 Å². The minimum atomic E-state index is 0.387. The maximum Gasteiger partial charge on any atom is 0.158 e. The number of aromatic nitrogens is 2. The molecule has 0 spiro atoms. The Morgan fingerprint density at radius 2 is 2.32 bits per heavy atom. The van der Waals surface area contributed by atoms with Gasteiger partial charge in [0.25, 0.3) is 0 Å². The summed E-state index contributed by atoms with van der Waals surface area (Å²) in [4.78, 5) is 8.58. The standard InChI is InChI=1S/C13H22N4OS/c1-18-8-13-16-11(14)7-12(17-13)15-9-4-3-5-10(6-9)19-2/h7,9-10H,3-6,8H2,1-2H3,(H3,14,15,16,17). The average Bonchev–Trinajstić information content (AvgIpc) is 2.38. The molecule has 106 valence electrons. The van der Waals surface area contributed by atoms with Crippen molar-refractivity contribution in [2.45, 2.75) is 43.6 Å². The largest absolute Gasteiger partial charge is 0.384 e. The molecular formula is C13H22N4OS. The van der Waals surface area contributed by atoms with Gasteiger partial charge in [0.2, 0.25) is 0 Å². The number of hydrogen-bond donors (Lipinski definition) is 2. The fraction of sp³-hybridized carbons (Fsp3) is 0.692. The molecular weight excluding hydrogens is 260 g/mol. The van der Waals surface area contributed by atoms with Gasteiger partial charge in [0.1, 0.15) is 18.2 Å². The summed E-state index contributed by atoms with van der Waals surface area (Å²) < 4.78 is 5.05. The van der Waals surface area contributed by atoms with Gasteiger partial charge in [0, 0.05) is 24.5 Å². The molecule has 1 fully saturated rings. The molecule has 0 radical (unpaired) electrons. The lowest BCUT2D eigenvalue weighted by Crippen LogP contribution is -2.29. The fourth-order valence-corrected chi connectivity index (χ4v) is 3.31. The Bertz CT molecular complexity index is 416. The molecule has 1 aromatic heterocycles. The molecule has 1 aliphatic rings. The van der Waals surface area contributed by atoms with E-state index in [0.29, 0.717) is 24.3 Å². The topological polar surface area (TPSA) is 73.1 Å². The second-order valence-electron chi connectivity index (χ2n) is 4.89. The summed E-state index contributed by atoms with van der Waals surface area (Å²) in [6.07, 6.45) is 7.16. The van der Waals surface area contributed by atoms with Crippen LogP contribution in [0, 0.1) is 0 Å². The third-order valence-corrected chi connectivity index (χ3v) is 4.47. The van der Waals surface area contributed by atoms with Gasteiger partial charge in [-0.2, -0.15) is 11.8 Å². The zero-order chi connectivity index (χ0) is 13.7. The Kier molecular flexibility index (Phi) is 5.27. The Balaban J connectivity index is 2.01. The van der Waals surface area contributed by atoms with Crippen LogP contribution in [0.4, 0.5) is 11.6 Å². The molecule has 5 nitrogen and oxygen atoms in total. The minimum Gasteiger partial charge on any atom is -0.384 e. The van der Waals surface area contributed by atoms with E-state index in [1.54, 1.807) is 13.2 Å². The Morgan fingerprint density at radius 1 is 1.47 bits per heavy atom. The fourth-order valence-electron chi connectivity index (χ4n) is 2.48. The number of nitrogens with zero attached hydrogens (tertiary/aromatic N) is 2. The summed E-state index contributed by atoms with van der Waals surface area (Å²) in [5.74, 6) is 1.93. The summed E-state index contributed by atoms with van der Waals surface area (Å²) >= 11 is 1.96. The van der Waals surface area contributed by atoms with Crippen LogP contribution in [0.2, 0.25) is 0 Å². The molecule has 1 aliphatic carbocycles. The summed E-state index contributed by atoms with van der Waals surface area (Å²) in [5, 5.41) is 4.24. The third-order valence-electron chi connectivity index (χ3n) is 3.38. The van der Waals surface area contributed by atoms with Gasteiger partial charge < -0.3 is 15.8 Å². The van der Waals surface area contributed by atoms with Crippen LogP contribution in [0.5, 0.6) is 0 Å². The van der Waals surface area contributed by atoms with Crippen LogP contribution in [-0.4, -0.2) is 34.6 Å². The first kappa shape index (κ1) is 14.4. The van der Waals surface area contributed by atoms with Crippen LogP contribution in [0.3, 0.4) is 0 Å². The van der Waals surface area contributed by atoms with Crippen LogP contribution in [0.1, 0.15) is 31.5 Å². The highest BCUT2D eigenvalue weighted by molar-refractivity contribution is 7.99. The van der Waals surface area contributed by atoms with Crippen molar-refractivity contribution in [3.63, 3.8) is 0 Å². The smallest absolute Gasteiger partial charge is 0.158 e. The van der Waals surface area contributed by atoms with E-state index in [-0.39, 0.29) is 0 Å². The molecule has 0 bridgehead atoms. The number of hydrogen-bond acceptors (Lipinski definition) is 6. The van der Waals surface area contributed by atoms with Crippen molar-refractivity contribution in [1.82, 2.24) is 9.97 Å². The SMILES string of the molecule is COCc1nc(N)cc(NC2CCCC(SC)C2)n1. The van der Waals surface area contributed by atoms with E-state index in [1.807, 2.05) is 11.8 Å². The molecule has 1 saturated carbocycles. The van der Waals surface area contributed by atoms with E-state index in [1.165, 1.54) is 25.7 Å². The normalized spacial score (nSPS) is 23.3. The quantitative estimate of drug-likeness (QED) is 0.863. The number of ether oxygens (including phenoxy) is 1. The molecule has 2 unspecified atom stereocenters. The lowest BCUT2D eigenvalue weighted by Gasteiger charge is -2.29. The Morgan fingerprint density at radius 3 is 3.05 bits per heavy atom. The van der Waals surface area contributed by atoms with Gasteiger partial charge in [-0.15, -0.1) is 0 Å². The number of anilines is 2. The van der Waals surface area contributed by atoms with E-state index in [2.05, 4.69) is 21.5 Å². The molecule has 1 aromatic rings. The maximum atomic E-state index is 5.80. The zero-order valence-corrected chi connectivity index (χ0v) is 12.4. The number of nitrogens with two attached hydrogens (primary N) is 1. The van der Waals surface area contributed by atoms with Crippen molar-refractivity contribution in [2.75, 3.05) is 24.4 Å². The highest BCUT2D eigenvalue weighted by Crippen LogP contribution is 2.28. The average molecular weight is 282 g/mol. The number of rotatable bonds is 5. The molecule has 19 heavy (non-hydrogen) atoms. The van der Waals surface area contributed by atoms with E-state index in [0.717, 1.165) is 11.1 Å². The predicted molar refractivity (Wildman–Crippen MR) is 80.3 cm³/mol. The van der Waals surface area contributed by atoms with E-state index >= 15 is 0 Å². The molecule has 6 heteroatoms. The molecule has 0 aliphatic heterocycles. The van der Waals surface area contributed by atoms with Crippen LogP contribution in [-0.2, 0) is 11.3 Å².